The van der Waals surface area contributed by atoms with Crippen molar-refractivity contribution in [3.63, 3.8) is 0 Å². The predicted molar refractivity (Wildman–Crippen MR) is 90.0 cm³/mol. The third-order valence-corrected chi connectivity index (χ3v) is 5.40. The number of nitriles is 1. The highest BCUT2D eigenvalue weighted by molar-refractivity contribution is 5.80. The Hall–Kier alpha value is -2.35. The minimum Gasteiger partial charge on any atom is -0.342 e. The van der Waals surface area contributed by atoms with E-state index in [1.807, 2.05) is 28.9 Å². The zero-order valence-corrected chi connectivity index (χ0v) is 14.1. The van der Waals surface area contributed by atoms with Crippen molar-refractivity contribution in [2.45, 2.75) is 32.6 Å². The summed E-state index contributed by atoms with van der Waals surface area (Å²) in [7, 11) is 0. The Morgan fingerprint density at radius 2 is 1.92 bits per heavy atom. The van der Waals surface area contributed by atoms with Gasteiger partial charge in [-0.25, -0.2) is 0 Å². The van der Waals surface area contributed by atoms with Crippen LogP contribution in [-0.2, 0) is 16.0 Å². The number of hydrogen-bond acceptors (Lipinski definition) is 3. The van der Waals surface area contributed by atoms with Gasteiger partial charge in [-0.15, -0.1) is 0 Å². The topological polar surface area (TPSA) is 64.4 Å². The number of amides is 2. The average Bonchev–Trinajstić information content (AvgIpc) is 2.91. The summed E-state index contributed by atoms with van der Waals surface area (Å²) in [6, 6.07) is 9.27. The van der Waals surface area contributed by atoms with Crippen LogP contribution in [0.5, 0.6) is 0 Å². The second kappa shape index (κ2) is 6.64. The van der Waals surface area contributed by atoms with E-state index in [9.17, 15) is 9.59 Å². The molecule has 24 heavy (non-hydrogen) atoms. The number of benzene rings is 1. The maximum atomic E-state index is 12.5. The van der Waals surface area contributed by atoms with Crippen molar-refractivity contribution in [1.29, 1.82) is 5.26 Å². The molecule has 0 atom stereocenters. The Kier molecular flexibility index (Phi) is 4.57. The van der Waals surface area contributed by atoms with Gasteiger partial charge in [-0.3, -0.25) is 9.59 Å². The highest BCUT2D eigenvalue weighted by atomic mass is 16.2. The zero-order valence-electron chi connectivity index (χ0n) is 14.1. The first-order valence-corrected chi connectivity index (χ1v) is 8.60. The largest absolute Gasteiger partial charge is 0.342 e. The summed E-state index contributed by atoms with van der Waals surface area (Å²) in [4.78, 5) is 28.4. The minimum atomic E-state index is 0.0817. The molecule has 2 amide bonds. The molecule has 2 aliphatic heterocycles. The van der Waals surface area contributed by atoms with Gasteiger partial charge in [0.1, 0.15) is 0 Å². The Morgan fingerprint density at radius 3 is 2.46 bits per heavy atom. The first-order chi connectivity index (χ1) is 11.5. The number of hydrogen-bond donors (Lipinski definition) is 0. The van der Waals surface area contributed by atoms with Crippen LogP contribution in [-0.4, -0.2) is 47.8 Å². The van der Waals surface area contributed by atoms with Gasteiger partial charge < -0.3 is 9.80 Å². The lowest BCUT2D eigenvalue weighted by atomic mass is 9.77. The molecule has 0 saturated carbocycles. The Bertz CT molecular complexity index is 667. The summed E-state index contributed by atoms with van der Waals surface area (Å²) in [5, 5.41) is 8.82. The molecule has 5 heteroatoms. The molecular formula is C19H23N3O2. The van der Waals surface area contributed by atoms with E-state index in [1.54, 1.807) is 12.1 Å². The molecule has 126 valence electrons. The average molecular weight is 325 g/mol. The van der Waals surface area contributed by atoms with Gasteiger partial charge in [-0.1, -0.05) is 12.1 Å². The third-order valence-electron chi connectivity index (χ3n) is 5.40. The smallest absolute Gasteiger partial charge is 0.226 e. The van der Waals surface area contributed by atoms with Crippen LogP contribution in [0.25, 0.3) is 0 Å². The first kappa shape index (κ1) is 16.5. The number of carbonyl (C=O) groups is 2. The number of carbonyl (C=O) groups excluding carboxylic acids is 2. The van der Waals surface area contributed by atoms with E-state index in [0.717, 1.165) is 44.6 Å². The molecule has 2 heterocycles. The molecule has 0 N–H and O–H groups in total. The van der Waals surface area contributed by atoms with Crippen molar-refractivity contribution >= 4 is 11.8 Å². The van der Waals surface area contributed by atoms with Crippen LogP contribution in [0.1, 0.15) is 37.3 Å². The Labute approximate surface area is 142 Å². The highest BCUT2D eigenvalue weighted by Crippen LogP contribution is 2.40. The maximum absolute atomic E-state index is 12.5. The highest BCUT2D eigenvalue weighted by Gasteiger charge is 2.44. The fourth-order valence-electron chi connectivity index (χ4n) is 3.82. The molecule has 2 fully saturated rings. The van der Waals surface area contributed by atoms with Gasteiger partial charge in [0, 0.05) is 38.0 Å². The predicted octanol–water partition coefficient (Wildman–Crippen LogP) is 1.96. The van der Waals surface area contributed by atoms with E-state index < -0.39 is 0 Å². The number of rotatable bonds is 3. The van der Waals surface area contributed by atoms with E-state index in [2.05, 4.69) is 6.07 Å². The van der Waals surface area contributed by atoms with Crippen LogP contribution in [0.2, 0.25) is 0 Å². The molecule has 0 aliphatic carbocycles. The van der Waals surface area contributed by atoms with Crippen molar-refractivity contribution in [2.75, 3.05) is 26.2 Å². The molecule has 2 saturated heterocycles. The van der Waals surface area contributed by atoms with E-state index >= 15 is 0 Å². The first-order valence-electron chi connectivity index (χ1n) is 8.60. The second-order valence-corrected chi connectivity index (χ2v) is 6.95. The molecule has 0 aromatic heterocycles. The van der Waals surface area contributed by atoms with Crippen LogP contribution < -0.4 is 0 Å². The van der Waals surface area contributed by atoms with Crippen molar-refractivity contribution in [1.82, 2.24) is 9.80 Å². The van der Waals surface area contributed by atoms with Gasteiger partial charge in [-0.05, 0) is 37.5 Å². The van der Waals surface area contributed by atoms with Crippen molar-refractivity contribution in [3.05, 3.63) is 35.4 Å². The second-order valence-electron chi connectivity index (χ2n) is 6.95. The lowest BCUT2D eigenvalue weighted by molar-refractivity contribution is -0.132. The monoisotopic (exact) mass is 325 g/mol. The quantitative estimate of drug-likeness (QED) is 0.853. The molecule has 1 spiro atoms. The van der Waals surface area contributed by atoms with Gasteiger partial charge in [0.25, 0.3) is 0 Å². The summed E-state index contributed by atoms with van der Waals surface area (Å²) in [6.45, 7) is 5.12. The van der Waals surface area contributed by atoms with E-state index in [0.29, 0.717) is 18.4 Å². The molecule has 1 aromatic carbocycles. The van der Waals surface area contributed by atoms with Crippen LogP contribution in [0.15, 0.2) is 24.3 Å². The SMILES string of the molecule is CCN1CC2(CCN(C(=O)Cc3ccc(C#N)cc3)CC2)CC1=O. The molecule has 3 rings (SSSR count). The zero-order chi connectivity index (χ0) is 17.2. The van der Waals surface area contributed by atoms with Gasteiger partial charge >= 0.3 is 0 Å². The van der Waals surface area contributed by atoms with Crippen molar-refractivity contribution in [2.24, 2.45) is 5.41 Å². The van der Waals surface area contributed by atoms with Gasteiger partial charge in [0.05, 0.1) is 18.1 Å². The van der Waals surface area contributed by atoms with E-state index in [1.165, 1.54) is 0 Å². The fourth-order valence-corrected chi connectivity index (χ4v) is 3.82. The number of piperidine rings is 1. The lowest BCUT2D eigenvalue weighted by Crippen LogP contribution is -2.44. The van der Waals surface area contributed by atoms with Gasteiger partial charge in [-0.2, -0.15) is 5.26 Å². The summed E-state index contributed by atoms with van der Waals surface area (Å²) < 4.78 is 0. The number of nitrogens with zero attached hydrogens (tertiary/aromatic N) is 3. The fraction of sp³-hybridized carbons (Fsp3) is 0.526. The van der Waals surface area contributed by atoms with Crippen molar-refractivity contribution in [3.8, 4) is 6.07 Å². The standard InChI is InChI=1S/C19H23N3O2/c1-2-21-14-19(12-18(21)24)7-9-22(10-8-19)17(23)11-15-3-5-16(13-20)6-4-15/h3-6H,2,7-12,14H2,1H3. The van der Waals surface area contributed by atoms with Crippen LogP contribution in [0.4, 0.5) is 0 Å². The Balaban J connectivity index is 1.55. The van der Waals surface area contributed by atoms with E-state index in [4.69, 9.17) is 5.26 Å². The summed E-state index contributed by atoms with van der Waals surface area (Å²) in [5.74, 6) is 0.390. The summed E-state index contributed by atoms with van der Waals surface area (Å²) in [5.41, 5.74) is 1.63. The molecule has 0 unspecified atom stereocenters. The maximum Gasteiger partial charge on any atom is 0.226 e. The van der Waals surface area contributed by atoms with Crippen LogP contribution in [0.3, 0.4) is 0 Å². The number of likely N-dealkylation sites (tertiary alicyclic amines) is 2. The molecule has 0 radical (unpaired) electrons. The van der Waals surface area contributed by atoms with Crippen LogP contribution in [0, 0.1) is 16.7 Å². The summed E-state index contributed by atoms with van der Waals surface area (Å²) in [6.07, 6.45) is 2.83. The van der Waals surface area contributed by atoms with Crippen molar-refractivity contribution < 1.29 is 9.59 Å². The van der Waals surface area contributed by atoms with Gasteiger partial charge in [0.15, 0.2) is 0 Å². The molecule has 5 nitrogen and oxygen atoms in total. The molecule has 2 aliphatic rings. The molecule has 1 aromatic rings. The third kappa shape index (κ3) is 3.28. The summed E-state index contributed by atoms with van der Waals surface area (Å²) >= 11 is 0. The Morgan fingerprint density at radius 1 is 1.25 bits per heavy atom. The lowest BCUT2D eigenvalue weighted by Gasteiger charge is -2.38. The van der Waals surface area contributed by atoms with Gasteiger partial charge in [0.2, 0.25) is 11.8 Å². The molecular weight excluding hydrogens is 302 g/mol. The van der Waals surface area contributed by atoms with Crippen LogP contribution >= 0.6 is 0 Å². The van der Waals surface area contributed by atoms with E-state index in [-0.39, 0.29) is 17.2 Å². The molecule has 0 bridgehead atoms. The normalized spacial score (nSPS) is 19.6. The minimum absolute atomic E-state index is 0.0817.